The second kappa shape index (κ2) is 15.5. The monoisotopic (exact) mass is 625 g/mol. The molecule has 8 heteroatoms. The van der Waals surface area contributed by atoms with Crippen molar-refractivity contribution in [3.05, 3.63) is 131 Å². The fourth-order valence-corrected chi connectivity index (χ4v) is 6.57. The van der Waals surface area contributed by atoms with Crippen molar-refractivity contribution in [1.29, 1.82) is 0 Å². The molecule has 0 spiro atoms. The molecule has 7 nitrogen and oxygen atoms in total. The van der Waals surface area contributed by atoms with Crippen molar-refractivity contribution in [1.82, 2.24) is 10.2 Å². The second-order valence-corrected chi connectivity index (χ2v) is 13.6. The van der Waals surface area contributed by atoms with Crippen LogP contribution in [-0.4, -0.2) is 44.3 Å². The predicted octanol–water partition coefficient (Wildman–Crippen LogP) is 6.17. The summed E-state index contributed by atoms with van der Waals surface area (Å²) in [5, 5.41) is 3.02. The van der Waals surface area contributed by atoms with Crippen molar-refractivity contribution < 1.29 is 18.0 Å². The van der Waals surface area contributed by atoms with E-state index in [2.05, 4.69) is 5.32 Å². The molecule has 0 bridgehead atoms. The minimum atomic E-state index is -4.12. The highest BCUT2D eigenvalue weighted by Crippen LogP contribution is 2.26. The lowest BCUT2D eigenvalue weighted by Gasteiger charge is -2.34. The van der Waals surface area contributed by atoms with E-state index in [0.29, 0.717) is 12.2 Å². The fourth-order valence-electron chi connectivity index (χ4n) is 5.13. The van der Waals surface area contributed by atoms with Crippen LogP contribution in [0, 0.1) is 12.8 Å². The zero-order chi connectivity index (χ0) is 32.4. The van der Waals surface area contributed by atoms with Crippen molar-refractivity contribution in [2.45, 2.75) is 58.0 Å². The third-order valence-electron chi connectivity index (χ3n) is 7.63. The average Bonchev–Trinajstić information content (AvgIpc) is 3.05. The number of nitrogens with zero attached hydrogens (tertiary/aromatic N) is 2. The molecule has 0 saturated carbocycles. The number of nitrogens with one attached hydrogen (secondary N) is 1. The van der Waals surface area contributed by atoms with Crippen molar-refractivity contribution in [3.8, 4) is 0 Å². The zero-order valence-electron chi connectivity index (χ0n) is 26.5. The van der Waals surface area contributed by atoms with E-state index in [4.69, 9.17) is 0 Å². The molecular weight excluding hydrogens is 582 g/mol. The molecule has 45 heavy (non-hydrogen) atoms. The van der Waals surface area contributed by atoms with Gasteiger partial charge in [0.05, 0.1) is 10.6 Å². The largest absolute Gasteiger partial charge is 0.354 e. The van der Waals surface area contributed by atoms with Crippen LogP contribution in [-0.2, 0) is 39.0 Å². The van der Waals surface area contributed by atoms with E-state index in [9.17, 15) is 18.0 Å². The maximum Gasteiger partial charge on any atom is 0.264 e. The Balaban J connectivity index is 1.79. The summed E-state index contributed by atoms with van der Waals surface area (Å²) >= 11 is 0. The Morgan fingerprint density at radius 1 is 0.778 bits per heavy atom. The summed E-state index contributed by atoms with van der Waals surface area (Å²) in [6.45, 7) is 8.14. The van der Waals surface area contributed by atoms with Crippen LogP contribution in [0.25, 0.3) is 0 Å². The lowest BCUT2D eigenvalue weighted by Crippen LogP contribution is -2.53. The summed E-state index contributed by atoms with van der Waals surface area (Å²) in [5.74, 6) is -0.542. The summed E-state index contributed by atoms with van der Waals surface area (Å²) in [6, 6.07) is 31.8. The van der Waals surface area contributed by atoms with Gasteiger partial charge in [0.1, 0.15) is 12.6 Å². The van der Waals surface area contributed by atoms with Crippen LogP contribution in [0.5, 0.6) is 0 Å². The maximum atomic E-state index is 14.5. The van der Waals surface area contributed by atoms with Gasteiger partial charge in [-0.15, -0.1) is 0 Å². The Hall–Kier alpha value is -4.43. The highest BCUT2D eigenvalue weighted by atomic mass is 32.2. The van der Waals surface area contributed by atoms with E-state index in [0.717, 1.165) is 33.0 Å². The van der Waals surface area contributed by atoms with E-state index < -0.39 is 28.5 Å². The minimum Gasteiger partial charge on any atom is -0.354 e. The first kappa shape index (κ1) is 33.5. The molecule has 4 aromatic carbocycles. The second-order valence-electron chi connectivity index (χ2n) is 11.7. The molecule has 0 unspecified atom stereocenters. The van der Waals surface area contributed by atoms with Gasteiger partial charge in [-0.25, -0.2) is 8.42 Å². The van der Waals surface area contributed by atoms with Crippen molar-refractivity contribution >= 4 is 27.5 Å². The van der Waals surface area contributed by atoms with E-state index in [1.807, 2.05) is 94.4 Å². The van der Waals surface area contributed by atoms with Gasteiger partial charge in [-0.05, 0) is 60.2 Å². The van der Waals surface area contributed by atoms with Gasteiger partial charge in [0.25, 0.3) is 10.0 Å². The molecule has 236 valence electrons. The number of rotatable bonds is 14. The van der Waals surface area contributed by atoms with E-state index in [-0.39, 0.29) is 29.7 Å². The molecular formula is C37H43N3O4S. The number of benzene rings is 4. The molecule has 0 fully saturated rings. The Bertz CT molecular complexity index is 1660. The Morgan fingerprint density at radius 2 is 1.40 bits per heavy atom. The number of amides is 2. The molecule has 0 heterocycles. The molecule has 4 aromatic rings. The van der Waals surface area contributed by atoms with E-state index in [1.54, 1.807) is 30.3 Å². The average molecular weight is 626 g/mol. The molecule has 1 N–H and O–H groups in total. The van der Waals surface area contributed by atoms with Crippen molar-refractivity contribution in [2.24, 2.45) is 5.92 Å². The summed E-state index contributed by atoms with van der Waals surface area (Å²) in [6.07, 6.45) is 1.07. The Labute approximate surface area is 268 Å². The third kappa shape index (κ3) is 9.05. The molecule has 0 aliphatic carbocycles. The molecule has 2 amide bonds. The number of carbonyl (C=O) groups is 2. The highest BCUT2D eigenvalue weighted by molar-refractivity contribution is 7.92. The molecule has 0 radical (unpaired) electrons. The molecule has 1 atom stereocenters. The first-order valence-corrected chi connectivity index (χ1v) is 16.9. The van der Waals surface area contributed by atoms with Crippen LogP contribution in [0.4, 0.5) is 5.69 Å². The number of sulfonamides is 1. The standard InChI is InChI=1S/C37H43N3O4S/c1-5-30-19-21-33(22-20-30)40(45(43,44)34-17-10-7-11-18-34)27-36(41)39(26-32-16-12-13-29(4)23-32)35(37(42)38-25-28(2)3)24-31-14-8-6-9-15-31/h6-23,28,35H,5,24-27H2,1-4H3,(H,38,42)/t35-/m0/s1. The maximum absolute atomic E-state index is 14.5. The molecule has 0 aliphatic heterocycles. The van der Waals surface area contributed by atoms with Gasteiger partial charge in [-0.3, -0.25) is 13.9 Å². The first-order chi connectivity index (χ1) is 21.6. The van der Waals surface area contributed by atoms with Gasteiger partial charge in [0, 0.05) is 19.5 Å². The molecule has 0 aromatic heterocycles. The topological polar surface area (TPSA) is 86.8 Å². The first-order valence-electron chi connectivity index (χ1n) is 15.4. The van der Waals surface area contributed by atoms with Crippen molar-refractivity contribution in [2.75, 3.05) is 17.4 Å². The van der Waals surface area contributed by atoms with Crippen LogP contribution in [0.1, 0.15) is 43.0 Å². The summed E-state index contributed by atoms with van der Waals surface area (Å²) in [5.41, 5.74) is 4.20. The third-order valence-corrected chi connectivity index (χ3v) is 9.42. The van der Waals surface area contributed by atoms with Crippen LogP contribution >= 0.6 is 0 Å². The summed E-state index contributed by atoms with van der Waals surface area (Å²) < 4.78 is 29.3. The number of carbonyl (C=O) groups excluding carboxylic acids is 2. The number of hydrogen-bond donors (Lipinski definition) is 1. The van der Waals surface area contributed by atoms with Gasteiger partial charge in [0.2, 0.25) is 11.8 Å². The SMILES string of the molecule is CCc1ccc(N(CC(=O)N(Cc2cccc(C)c2)[C@@H](Cc2ccccc2)C(=O)NCC(C)C)S(=O)(=O)c2ccccc2)cc1. The quantitative estimate of drug-likeness (QED) is 0.182. The lowest BCUT2D eigenvalue weighted by molar-refractivity contribution is -0.140. The highest BCUT2D eigenvalue weighted by Gasteiger charge is 2.34. The van der Waals surface area contributed by atoms with Gasteiger partial charge >= 0.3 is 0 Å². The Morgan fingerprint density at radius 3 is 2.00 bits per heavy atom. The van der Waals surface area contributed by atoms with Crippen LogP contribution in [0.15, 0.2) is 114 Å². The zero-order valence-corrected chi connectivity index (χ0v) is 27.3. The number of hydrogen-bond acceptors (Lipinski definition) is 4. The number of anilines is 1. The molecule has 0 saturated heterocycles. The minimum absolute atomic E-state index is 0.0816. The smallest absolute Gasteiger partial charge is 0.264 e. The normalized spacial score (nSPS) is 12.0. The number of aryl methyl sites for hydroxylation is 2. The van der Waals surface area contributed by atoms with Crippen LogP contribution < -0.4 is 9.62 Å². The van der Waals surface area contributed by atoms with Crippen molar-refractivity contribution in [3.63, 3.8) is 0 Å². The van der Waals surface area contributed by atoms with Crippen LogP contribution in [0.3, 0.4) is 0 Å². The van der Waals surface area contributed by atoms with Gasteiger partial charge in [-0.2, -0.15) is 0 Å². The predicted molar refractivity (Wildman–Crippen MR) is 180 cm³/mol. The van der Waals surface area contributed by atoms with Gasteiger partial charge < -0.3 is 10.2 Å². The Kier molecular flexibility index (Phi) is 11.5. The van der Waals surface area contributed by atoms with Gasteiger partial charge in [0.15, 0.2) is 0 Å². The van der Waals surface area contributed by atoms with Crippen LogP contribution in [0.2, 0.25) is 0 Å². The van der Waals surface area contributed by atoms with E-state index in [1.165, 1.54) is 17.0 Å². The fraction of sp³-hybridized carbons (Fsp3) is 0.297. The van der Waals surface area contributed by atoms with E-state index >= 15 is 0 Å². The summed E-state index contributed by atoms with van der Waals surface area (Å²) in [4.78, 5) is 30.0. The lowest BCUT2D eigenvalue weighted by atomic mass is 10.0. The molecule has 4 rings (SSSR count). The summed E-state index contributed by atoms with van der Waals surface area (Å²) in [7, 11) is -4.12. The molecule has 0 aliphatic rings. The van der Waals surface area contributed by atoms with Gasteiger partial charge in [-0.1, -0.05) is 111 Å².